The predicted octanol–water partition coefficient (Wildman–Crippen LogP) is 1.15. The van der Waals surface area contributed by atoms with Crippen LogP contribution in [0.4, 0.5) is 4.39 Å². The van der Waals surface area contributed by atoms with Gasteiger partial charge in [-0.25, -0.2) is 12.8 Å². The van der Waals surface area contributed by atoms with Crippen LogP contribution >= 0.6 is 0 Å². The Labute approximate surface area is 176 Å². The van der Waals surface area contributed by atoms with E-state index >= 15 is 0 Å². The molecule has 2 aliphatic heterocycles. The highest BCUT2D eigenvalue weighted by Gasteiger charge is 2.31. The second-order valence-electron chi connectivity index (χ2n) is 7.80. The molecule has 30 heavy (non-hydrogen) atoms. The van der Waals surface area contributed by atoms with Crippen molar-refractivity contribution in [3.8, 4) is 6.07 Å². The van der Waals surface area contributed by atoms with Crippen LogP contribution in [0.5, 0.6) is 0 Å². The van der Waals surface area contributed by atoms with Gasteiger partial charge in [-0.05, 0) is 24.1 Å². The normalized spacial score (nSPS) is 20.2. The number of piperazine rings is 1. The van der Waals surface area contributed by atoms with Gasteiger partial charge in [-0.1, -0.05) is 13.8 Å². The predicted molar refractivity (Wildman–Crippen MR) is 108 cm³/mol. The molecule has 8 nitrogen and oxygen atoms in total. The third-order valence-corrected chi connectivity index (χ3v) is 7.43. The van der Waals surface area contributed by atoms with Gasteiger partial charge in [0.2, 0.25) is 10.0 Å². The molecule has 3 rings (SSSR count). The van der Waals surface area contributed by atoms with Crippen LogP contribution in [0.1, 0.15) is 24.2 Å². The van der Waals surface area contributed by atoms with Crippen LogP contribution in [0, 0.1) is 23.1 Å². The number of benzene rings is 1. The number of ether oxygens (including phenoxy) is 1. The molecular weight excluding hydrogens is 411 g/mol. The fourth-order valence-electron chi connectivity index (χ4n) is 3.79. The summed E-state index contributed by atoms with van der Waals surface area (Å²) in [6.07, 6.45) is 0. The standard InChI is InChI=1S/C20H27FN4O4S/c1-15(2)19(14-22)23-5-7-24(8-6-23)20(26)17-13-16(3-4-18(17)21)30(27,28)25-9-11-29-12-10-25/h3-4,13,15,19H,5-12H2,1-2H3. The number of carbonyl (C=O) groups excluding carboxylic acids is 1. The highest BCUT2D eigenvalue weighted by Crippen LogP contribution is 2.22. The highest BCUT2D eigenvalue weighted by atomic mass is 32.2. The number of hydrogen-bond acceptors (Lipinski definition) is 6. The number of halogens is 1. The average molecular weight is 439 g/mol. The second kappa shape index (κ2) is 9.39. The van der Waals surface area contributed by atoms with E-state index < -0.39 is 21.7 Å². The number of amides is 1. The van der Waals surface area contributed by atoms with Crippen LogP contribution < -0.4 is 0 Å². The molecule has 1 atom stereocenters. The van der Waals surface area contributed by atoms with Gasteiger partial charge in [-0.15, -0.1) is 0 Å². The summed E-state index contributed by atoms with van der Waals surface area (Å²) in [4.78, 5) is 16.4. The Morgan fingerprint density at radius 2 is 1.77 bits per heavy atom. The topological polar surface area (TPSA) is 93.9 Å². The molecule has 1 aromatic carbocycles. The fraction of sp³-hybridized carbons (Fsp3) is 0.600. The Morgan fingerprint density at radius 1 is 1.13 bits per heavy atom. The Morgan fingerprint density at radius 3 is 2.33 bits per heavy atom. The van der Waals surface area contributed by atoms with Gasteiger partial charge >= 0.3 is 0 Å². The first-order valence-electron chi connectivity index (χ1n) is 10.1. The molecule has 0 bridgehead atoms. The quantitative estimate of drug-likeness (QED) is 0.685. The minimum atomic E-state index is -3.83. The van der Waals surface area contributed by atoms with Crippen molar-refractivity contribution >= 4 is 15.9 Å². The molecule has 10 heteroatoms. The van der Waals surface area contributed by atoms with Gasteiger partial charge in [0.05, 0.1) is 29.7 Å². The maximum Gasteiger partial charge on any atom is 0.256 e. The van der Waals surface area contributed by atoms with Crippen molar-refractivity contribution in [3.05, 3.63) is 29.6 Å². The summed E-state index contributed by atoms with van der Waals surface area (Å²) in [6, 6.07) is 5.40. The number of nitriles is 1. The highest BCUT2D eigenvalue weighted by molar-refractivity contribution is 7.89. The zero-order chi connectivity index (χ0) is 21.9. The van der Waals surface area contributed by atoms with Gasteiger partial charge in [0.15, 0.2) is 0 Å². The Bertz CT molecular complexity index is 917. The number of carbonyl (C=O) groups is 1. The van der Waals surface area contributed by atoms with E-state index in [2.05, 4.69) is 6.07 Å². The van der Waals surface area contributed by atoms with Crippen molar-refractivity contribution in [3.63, 3.8) is 0 Å². The summed E-state index contributed by atoms with van der Waals surface area (Å²) in [5.74, 6) is -1.12. The second-order valence-corrected chi connectivity index (χ2v) is 9.74. The molecule has 0 N–H and O–H groups in total. The monoisotopic (exact) mass is 438 g/mol. The van der Waals surface area contributed by atoms with Crippen LogP contribution in [-0.4, -0.2) is 87.0 Å². The van der Waals surface area contributed by atoms with E-state index in [4.69, 9.17) is 4.74 Å². The van der Waals surface area contributed by atoms with Crippen LogP contribution in [0.15, 0.2) is 23.1 Å². The molecule has 2 aliphatic rings. The number of rotatable bonds is 5. The van der Waals surface area contributed by atoms with Gasteiger partial charge in [0.1, 0.15) is 11.9 Å². The molecule has 2 saturated heterocycles. The molecule has 1 unspecified atom stereocenters. The summed E-state index contributed by atoms with van der Waals surface area (Å²) in [5.41, 5.74) is -0.251. The minimum Gasteiger partial charge on any atom is -0.379 e. The molecule has 1 amide bonds. The van der Waals surface area contributed by atoms with Crippen LogP contribution in [-0.2, 0) is 14.8 Å². The first-order valence-corrected chi connectivity index (χ1v) is 11.5. The van der Waals surface area contributed by atoms with E-state index in [9.17, 15) is 22.9 Å². The SMILES string of the molecule is CC(C)C(C#N)N1CCN(C(=O)c2cc(S(=O)(=O)N3CCOCC3)ccc2F)CC1. The summed E-state index contributed by atoms with van der Waals surface area (Å²) >= 11 is 0. The van der Waals surface area contributed by atoms with E-state index in [-0.39, 0.29) is 35.5 Å². The zero-order valence-corrected chi connectivity index (χ0v) is 18.1. The van der Waals surface area contributed by atoms with Gasteiger partial charge in [-0.3, -0.25) is 9.69 Å². The first-order chi connectivity index (χ1) is 14.3. The lowest BCUT2D eigenvalue weighted by atomic mass is 10.0. The van der Waals surface area contributed by atoms with Gasteiger partial charge in [0.25, 0.3) is 5.91 Å². The van der Waals surface area contributed by atoms with E-state index in [1.54, 1.807) is 0 Å². The average Bonchev–Trinajstić information content (AvgIpc) is 2.75. The smallest absolute Gasteiger partial charge is 0.256 e. The lowest BCUT2D eigenvalue weighted by molar-refractivity contribution is 0.0572. The minimum absolute atomic E-state index is 0.0999. The summed E-state index contributed by atoms with van der Waals surface area (Å²) in [5, 5.41) is 9.36. The third kappa shape index (κ3) is 4.64. The number of sulfonamides is 1. The fourth-order valence-corrected chi connectivity index (χ4v) is 5.23. The largest absolute Gasteiger partial charge is 0.379 e. The molecule has 0 aromatic heterocycles. The molecule has 0 saturated carbocycles. The molecule has 0 spiro atoms. The molecule has 1 aromatic rings. The lowest BCUT2D eigenvalue weighted by Crippen LogP contribution is -2.53. The Hall–Kier alpha value is -2.06. The number of hydrogen-bond donors (Lipinski definition) is 0. The van der Waals surface area contributed by atoms with Crippen molar-refractivity contribution in [2.45, 2.75) is 24.8 Å². The van der Waals surface area contributed by atoms with E-state index in [0.717, 1.165) is 12.1 Å². The molecule has 2 fully saturated rings. The van der Waals surface area contributed by atoms with Crippen molar-refractivity contribution in [1.29, 1.82) is 5.26 Å². The summed E-state index contributed by atoms with van der Waals surface area (Å²) in [6.45, 7) is 6.72. The van der Waals surface area contributed by atoms with E-state index in [0.29, 0.717) is 39.4 Å². The van der Waals surface area contributed by atoms with Crippen LogP contribution in [0.25, 0.3) is 0 Å². The Kier molecular flexibility index (Phi) is 7.08. The van der Waals surface area contributed by atoms with Crippen molar-refractivity contribution < 1.29 is 22.3 Å². The molecule has 0 aliphatic carbocycles. The van der Waals surface area contributed by atoms with Gasteiger partial charge in [-0.2, -0.15) is 9.57 Å². The van der Waals surface area contributed by atoms with Gasteiger partial charge in [0, 0.05) is 39.3 Å². The number of nitrogens with zero attached hydrogens (tertiary/aromatic N) is 4. The third-order valence-electron chi connectivity index (χ3n) is 5.53. The van der Waals surface area contributed by atoms with Crippen molar-refractivity contribution in [2.75, 3.05) is 52.5 Å². The van der Waals surface area contributed by atoms with Gasteiger partial charge < -0.3 is 9.64 Å². The maximum atomic E-state index is 14.4. The molecule has 0 radical (unpaired) electrons. The molecule has 2 heterocycles. The van der Waals surface area contributed by atoms with Crippen LogP contribution in [0.3, 0.4) is 0 Å². The van der Waals surface area contributed by atoms with E-state index in [1.165, 1.54) is 15.3 Å². The molecular formula is C20H27FN4O4S. The van der Waals surface area contributed by atoms with Crippen molar-refractivity contribution in [2.24, 2.45) is 5.92 Å². The summed E-state index contributed by atoms with van der Waals surface area (Å²) in [7, 11) is -3.83. The van der Waals surface area contributed by atoms with Crippen molar-refractivity contribution in [1.82, 2.24) is 14.1 Å². The van der Waals surface area contributed by atoms with Crippen LogP contribution in [0.2, 0.25) is 0 Å². The number of morpholine rings is 1. The van der Waals surface area contributed by atoms with E-state index in [1.807, 2.05) is 18.7 Å². The molecule has 164 valence electrons. The Balaban J connectivity index is 1.76. The lowest BCUT2D eigenvalue weighted by Gasteiger charge is -2.38. The maximum absolute atomic E-state index is 14.4. The summed E-state index contributed by atoms with van der Waals surface area (Å²) < 4.78 is 46.6. The first kappa shape index (κ1) is 22.6. The zero-order valence-electron chi connectivity index (χ0n) is 17.3.